The van der Waals surface area contributed by atoms with E-state index in [9.17, 15) is 13.2 Å². The first-order chi connectivity index (χ1) is 14.8. The number of anilines is 2. The zero-order valence-electron chi connectivity index (χ0n) is 17.2. The summed E-state index contributed by atoms with van der Waals surface area (Å²) in [6.45, 7) is 0.222. The van der Waals surface area contributed by atoms with Crippen molar-refractivity contribution >= 4 is 43.2 Å². The average molecular weight is 502 g/mol. The summed E-state index contributed by atoms with van der Waals surface area (Å²) in [5.74, 6) is -0.150. The number of sulfonamides is 1. The standard InChI is InChI=1S/C23H24BrN3O3S/c1-31(29,30)27(22-6-3-2-5-21(22)24)16-4-7-23(28)26-20-10-8-18(9-11-20)17-19-12-14-25-15-13-19/h2-3,5-6,8-15H,4,7,16-17H2,1H3,(H,26,28). The number of pyridine rings is 1. The number of hydrogen-bond acceptors (Lipinski definition) is 4. The van der Waals surface area contributed by atoms with E-state index in [0.29, 0.717) is 22.3 Å². The fourth-order valence-corrected chi connectivity index (χ4v) is 4.76. The highest BCUT2D eigenvalue weighted by Gasteiger charge is 2.19. The van der Waals surface area contributed by atoms with Crippen molar-refractivity contribution in [3.05, 3.63) is 88.7 Å². The van der Waals surface area contributed by atoms with Crippen molar-refractivity contribution in [2.24, 2.45) is 0 Å². The Kier molecular flexibility index (Phi) is 7.81. The van der Waals surface area contributed by atoms with Gasteiger partial charge in [-0.25, -0.2) is 8.42 Å². The van der Waals surface area contributed by atoms with E-state index in [0.717, 1.165) is 12.0 Å². The zero-order chi connectivity index (χ0) is 22.3. The maximum Gasteiger partial charge on any atom is 0.232 e. The number of para-hydroxylation sites is 1. The van der Waals surface area contributed by atoms with Crippen LogP contribution in [0, 0.1) is 0 Å². The molecule has 1 amide bonds. The van der Waals surface area contributed by atoms with Crippen LogP contribution in [0.2, 0.25) is 0 Å². The molecule has 3 aromatic rings. The third-order valence-electron chi connectivity index (χ3n) is 4.68. The number of aromatic nitrogens is 1. The Hall–Kier alpha value is -2.71. The first-order valence-electron chi connectivity index (χ1n) is 9.83. The first kappa shape index (κ1) is 23.0. The molecule has 0 saturated carbocycles. The molecule has 31 heavy (non-hydrogen) atoms. The Bertz CT molecular complexity index is 1120. The van der Waals surface area contributed by atoms with Crippen molar-refractivity contribution in [2.75, 3.05) is 22.4 Å². The highest BCUT2D eigenvalue weighted by atomic mass is 79.9. The number of benzene rings is 2. The molecular weight excluding hydrogens is 478 g/mol. The van der Waals surface area contributed by atoms with Crippen LogP contribution in [0.4, 0.5) is 11.4 Å². The van der Waals surface area contributed by atoms with Crippen molar-refractivity contribution in [3.63, 3.8) is 0 Å². The summed E-state index contributed by atoms with van der Waals surface area (Å²) >= 11 is 3.39. The Labute approximate surface area is 191 Å². The van der Waals surface area contributed by atoms with Crippen LogP contribution in [-0.2, 0) is 21.2 Å². The first-order valence-corrected chi connectivity index (χ1v) is 12.5. The van der Waals surface area contributed by atoms with Gasteiger partial charge in [0, 0.05) is 35.5 Å². The van der Waals surface area contributed by atoms with E-state index in [4.69, 9.17) is 0 Å². The molecule has 0 fully saturated rings. The number of carbonyl (C=O) groups is 1. The molecule has 1 aromatic heterocycles. The van der Waals surface area contributed by atoms with Crippen LogP contribution < -0.4 is 9.62 Å². The van der Waals surface area contributed by atoms with Crippen LogP contribution in [0.25, 0.3) is 0 Å². The van der Waals surface area contributed by atoms with Crippen LogP contribution in [0.5, 0.6) is 0 Å². The fourth-order valence-electron chi connectivity index (χ4n) is 3.17. The third kappa shape index (κ3) is 6.90. The van der Waals surface area contributed by atoms with Gasteiger partial charge in [0.2, 0.25) is 15.9 Å². The number of rotatable bonds is 9. The molecule has 0 spiro atoms. The minimum atomic E-state index is -3.46. The highest BCUT2D eigenvalue weighted by molar-refractivity contribution is 9.10. The van der Waals surface area contributed by atoms with Crippen LogP contribution in [-0.4, -0.2) is 32.1 Å². The smallest absolute Gasteiger partial charge is 0.232 e. The van der Waals surface area contributed by atoms with Crippen molar-refractivity contribution in [1.82, 2.24) is 4.98 Å². The van der Waals surface area contributed by atoms with Gasteiger partial charge < -0.3 is 5.32 Å². The van der Waals surface area contributed by atoms with Crippen molar-refractivity contribution in [3.8, 4) is 0 Å². The van der Waals surface area contributed by atoms with E-state index in [-0.39, 0.29) is 18.9 Å². The largest absolute Gasteiger partial charge is 0.326 e. The van der Waals surface area contributed by atoms with Gasteiger partial charge in [-0.1, -0.05) is 24.3 Å². The van der Waals surface area contributed by atoms with Crippen LogP contribution in [0.15, 0.2) is 77.5 Å². The van der Waals surface area contributed by atoms with Crippen LogP contribution in [0.1, 0.15) is 24.0 Å². The van der Waals surface area contributed by atoms with Gasteiger partial charge >= 0.3 is 0 Å². The average Bonchev–Trinajstić information content (AvgIpc) is 2.73. The van der Waals surface area contributed by atoms with Gasteiger partial charge in [-0.3, -0.25) is 14.1 Å². The van der Waals surface area contributed by atoms with E-state index in [1.165, 1.54) is 16.1 Å². The lowest BCUT2D eigenvalue weighted by Crippen LogP contribution is -2.31. The van der Waals surface area contributed by atoms with E-state index < -0.39 is 10.0 Å². The second kappa shape index (κ2) is 10.5. The number of carbonyl (C=O) groups excluding carboxylic acids is 1. The summed E-state index contributed by atoms with van der Waals surface area (Å²) in [5, 5.41) is 2.87. The SMILES string of the molecule is CS(=O)(=O)N(CCCC(=O)Nc1ccc(Cc2ccncc2)cc1)c1ccccc1Br. The Morgan fingerprint density at radius 2 is 1.65 bits per heavy atom. The molecule has 1 N–H and O–H groups in total. The minimum Gasteiger partial charge on any atom is -0.326 e. The monoisotopic (exact) mass is 501 g/mol. The maximum absolute atomic E-state index is 12.3. The van der Waals surface area contributed by atoms with Crippen molar-refractivity contribution in [1.29, 1.82) is 0 Å². The van der Waals surface area contributed by atoms with Crippen LogP contribution >= 0.6 is 15.9 Å². The van der Waals surface area contributed by atoms with Gasteiger partial charge in [0.15, 0.2) is 0 Å². The van der Waals surface area contributed by atoms with E-state index >= 15 is 0 Å². The normalized spacial score (nSPS) is 11.2. The lowest BCUT2D eigenvalue weighted by atomic mass is 10.1. The van der Waals surface area contributed by atoms with Gasteiger partial charge in [-0.2, -0.15) is 0 Å². The third-order valence-corrected chi connectivity index (χ3v) is 6.53. The Morgan fingerprint density at radius 3 is 2.29 bits per heavy atom. The molecule has 0 bridgehead atoms. The predicted octanol–water partition coefficient (Wildman–Crippen LogP) is 4.62. The molecule has 0 unspecified atom stereocenters. The Morgan fingerprint density at radius 1 is 1.00 bits per heavy atom. The van der Waals surface area contributed by atoms with Gasteiger partial charge in [0.25, 0.3) is 0 Å². The molecule has 0 aliphatic carbocycles. The summed E-state index contributed by atoms with van der Waals surface area (Å²) in [6, 6.07) is 18.8. The summed E-state index contributed by atoms with van der Waals surface area (Å²) in [4.78, 5) is 16.3. The second-order valence-electron chi connectivity index (χ2n) is 7.17. The van der Waals surface area contributed by atoms with Gasteiger partial charge in [-0.05, 0) is 76.3 Å². The second-order valence-corrected chi connectivity index (χ2v) is 9.93. The number of halogens is 1. The molecule has 8 heteroatoms. The highest BCUT2D eigenvalue weighted by Crippen LogP contribution is 2.28. The fraction of sp³-hybridized carbons (Fsp3) is 0.217. The molecule has 0 saturated heterocycles. The van der Waals surface area contributed by atoms with E-state index in [2.05, 4.69) is 26.2 Å². The molecule has 1 heterocycles. The lowest BCUT2D eigenvalue weighted by molar-refractivity contribution is -0.116. The summed E-state index contributed by atoms with van der Waals surface area (Å²) < 4.78 is 26.4. The number of amides is 1. The molecular formula is C23H24BrN3O3S. The van der Waals surface area contributed by atoms with E-state index in [1.807, 2.05) is 42.5 Å². The number of hydrogen-bond donors (Lipinski definition) is 1. The van der Waals surface area contributed by atoms with Crippen molar-refractivity contribution < 1.29 is 13.2 Å². The summed E-state index contributed by atoms with van der Waals surface area (Å²) in [7, 11) is -3.46. The molecule has 2 aromatic carbocycles. The molecule has 6 nitrogen and oxygen atoms in total. The van der Waals surface area contributed by atoms with Gasteiger partial charge in [-0.15, -0.1) is 0 Å². The molecule has 0 radical (unpaired) electrons. The summed E-state index contributed by atoms with van der Waals surface area (Å²) in [5.41, 5.74) is 3.60. The summed E-state index contributed by atoms with van der Waals surface area (Å²) in [6.07, 6.45) is 6.12. The van der Waals surface area contributed by atoms with E-state index in [1.54, 1.807) is 30.6 Å². The predicted molar refractivity (Wildman–Crippen MR) is 128 cm³/mol. The topological polar surface area (TPSA) is 79.4 Å². The van der Waals surface area contributed by atoms with Crippen molar-refractivity contribution in [2.45, 2.75) is 19.3 Å². The quantitative estimate of drug-likeness (QED) is 0.463. The molecule has 0 atom stereocenters. The maximum atomic E-state index is 12.3. The molecule has 0 aliphatic rings. The van der Waals surface area contributed by atoms with Gasteiger partial charge in [0.05, 0.1) is 11.9 Å². The Balaban J connectivity index is 1.53. The number of nitrogens with one attached hydrogen (secondary N) is 1. The zero-order valence-corrected chi connectivity index (χ0v) is 19.6. The molecule has 0 aliphatic heterocycles. The molecule has 162 valence electrons. The van der Waals surface area contributed by atoms with Gasteiger partial charge in [0.1, 0.15) is 0 Å². The number of nitrogens with zero attached hydrogens (tertiary/aromatic N) is 2. The lowest BCUT2D eigenvalue weighted by Gasteiger charge is -2.23. The van der Waals surface area contributed by atoms with Crippen LogP contribution in [0.3, 0.4) is 0 Å². The molecule has 3 rings (SSSR count). The minimum absolute atomic E-state index is 0.150.